The van der Waals surface area contributed by atoms with E-state index in [0.717, 1.165) is 5.56 Å². The zero-order chi connectivity index (χ0) is 11.6. The summed E-state index contributed by atoms with van der Waals surface area (Å²) in [4.78, 5) is 0. The number of benzene rings is 1. The molecule has 0 aliphatic rings. The molecule has 0 saturated heterocycles. The van der Waals surface area contributed by atoms with Crippen molar-refractivity contribution in [1.82, 2.24) is 5.32 Å². The van der Waals surface area contributed by atoms with Crippen molar-refractivity contribution in [3.8, 4) is 5.75 Å². The average molecular weight is 248 g/mol. The Morgan fingerprint density at radius 1 is 1.20 bits per heavy atom. The SMILES string of the molecule is CC(C)(C)NCc1cc(Cl)c(O)c(Cl)c1. The Balaban J connectivity index is 2.80. The van der Waals surface area contributed by atoms with E-state index in [1.165, 1.54) is 0 Å². The van der Waals surface area contributed by atoms with Crippen LogP contribution in [0.5, 0.6) is 5.75 Å². The fraction of sp³-hybridized carbons (Fsp3) is 0.455. The molecule has 4 heteroatoms. The summed E-state index contributed by atoms with van der Waals surface area (Å²) < 4.78 is 0. The van der Waals surface area contributed by atoms with Crippen LogP contribution in [0.4, 0.5) is 0 Å². The molecule has 0 amide bonds. The van der Waals surface area contributed by atoms with E-state index < -0.39 is 0 Å². The smallest absolute Gasteiger partial charge is 0.152 e. The standard InChI is InChI=1S/C11H15Cl2NO/c1-11(2,3)14-6-7-4-8(12)10(15)9(13)5-7/h4-5,14-15H,6H2,1-3H3. The van der Waals surface area contributed by atoms with Crippen LogP contribution in [0.1, 0.15) is 26.3 Å². The lowest BCUT2D eigenvalue weighted by atomic mass is 10.1. The molecule has 0 radical (unpaired) electrons. The summed E-state index contributed by atoms with van der Waals surface area (Å²) in [6.45, 7) is 6.91. The summed E-state index contributed by atoms with van der Waals surface area (Å²) in [6.07, 6.45) is 0. The number of hydrogen-bond donors (Lipinski definition) is 2. The largest absolute Gasteiger partial charge is 0.505 e. The lowest BCUT2D eigenvalue weighted by molar-refractivity contribution is 0.424. The molecule has 84 valence electrons. The topological polar surface area (TPSA) is 32.3 Å². The summed E-state index contributed by atoms with van der Waals surface area (Å²) in [6, 6.07) is 3.42. The van der Waals surface area contributed by atoms with Crippen LogP contribution in [0, 0.1) is 0 Å². The van der Waals surface area contributed by atoms with Gasteiger partial charge in [0.2, 0.25) is 0 Å². The highest BCUT2D eigenvalue weighted by Crippen LogP contribution is 2.32. The zero-order valence-corrected chi connectivity index (χ0v) is 10.6. The summed E-state index contributed by atoms with van der Waals surface area (Å²) in [5, 5.41) is 13.3. The molecule has 0 fully saturated rings. The molecule has 0 unspecified atom stereocenters. The van der Waals surface area contributed by atoms with Crippen LogP contribution < -0.4 is 5.32 Å². The van der Waals surface area contributed by atoms with Gasteiger partial charge in [0.25, 0.3) is 0 Å². The Morgan fingerprint density at radius 3 is 2.07 bits per heavy atom. The van der Waals surface area contributed by atoms with Crippen molar-refractivity contribution in [1.29, 1.82) is 0 Å². The summed E-state index contributed by atoms with van der Waals surface area (Å²) in [7, 11) is 0. The second kappa shape index (κ2) is 4.60. The fourth-order valence-electron chi connectivity index (χ4n) is 1.09. The van der Waals surface area contributed by atoms with E-state index in [1.54, 1.807) is 12.1 Å². The second-order valence-corrected chi connectivity index (χ2v) is 5.33. The molecule has 0 bridgehead atoms. The van der Waals surface area contributed by atoms with Gasteiger partial charge in [0.1, 0.15) is 0 Å². The first-order valence-electron chi connectivity index (χ1n) is 4.71. The van der Waals surface area contributed by atoms with Crippen LogP contribution >= 0.6 is 23.2 Å². The Hall–Kier alpha value is -0.440. The minimum atomic E-state index is -0.0576. The number of hydrogen-bond acceptors (Lipinski definition) is 2. The zero-order valence-electron chi connectivity index (χ0n) is 9.06. The molecule has 0 aliphatic carbocycles. The van der Waals surface area contributed by atoms with E-state index >= 15 is 0 Å². The van der Waals surface area contributed by atoms with Gasteiger partial charge in [-0.1, -0.05) is 23.2 Å². The minimum absolute atomic E-state index is 0.0385. The van der Waals surface area contributed by atoms with E-state index in [4.69, 9.17) is 23.2 Å². The van der Waals surface area contributed by atoms with Gasteiger partial charge in [0, 0.05) is 12.1 Å². The molecule has 1 rings (SSSR count). The third-order valence-electron chi connectivity index (χ3n) is 1.90. The van der Waals surface area contributed by atoms with Crippen molar-refractivity contribution in [2.24, 2.45) is 0 Å². The molecular weight excluding hydrogens is 233 g/mol. The first-order chi connectivity index (χ1) is 6.79. The molecule has 0 aromatic heterocycles. The maximum Gasteiger partial charge on any atom is 0.152 e. The molecule has 0 atom stereocenters. The highest BCUT2D eigenvalue weighted by molar-refractivity contribution is 6.37. The van der Waals surface area contributed by atoms with Gasteiger partial charge in [-0.15, -0.1) is 0 Å². The third-order valence-corrected chi connectivity index (χ3v) is 2.48. The average Bonchev–Trinajstić information content (AvgIpc) is 2.09. The van der Waals surface area contributed by atoms with Crippen LogP contribution in [0.3, 0.4) is 0 Å². The number of halogens is 2. The van der Waals surface area contributed by atoms with Crippen LogP contribution in [0.15, 0.2) is 12.1 Å². The van der Waals surface area contributed by atoms with E-state index in [1.807, 2.05) is 0 Å². The van der Waals surface area contributed by atoms with Crippen LogP contribution in [0.25, 0.3) is 0 Å². The van der Waals surface area contributed by atoms with Gasteiger partial charge in [0.15, 0.2) is 5.75 Å². The van der Waals surface area contributed by atoms with Gasteiger partial charge >= 0.3 is 0 Å². The van der Waals surface area contributed by atoms with E-state index in [-0.39, 0.29) is 21.3 Å². The molecule has 15 heavy (non-hydrogen) atoms. The number of phenolic OH excluding ortho intramolecular Hbond substituents is 1. The summed E-state index contributed by atoms with van der Waals surface area (Å²) in [5.74, 6) is -0.0576. The lowest BCUT2D eigenvalue weighted by Crippen LogP contribution is -2.35. The molecule has 2 nitrogen and oxygen atoms in total. The van der Waals surface area contributed by atoms with Crippen molar-refractivity contribution in [2.75, 3.05) is 0 Å². The van der Waals surface area contributed by atoms with Crippen LogP contribution in [-0.4, -0.2) is 10.6 Å². The maximum atomic E-state index is 9.37. The number of rotatable bonds is 2. The molecule has 1 aromatic rings. The maximum absolute atomic E-state index is 9.37. The molecule has 0 saturated carbocycles. The Bertz CT molecular complexity index is 335. The Morgan fingerprint density at radius 2 is 1.67 bits per heavy atom. The van der Waals surface area contributed by atoms with Crippen molar-refractivity contribution < 1.29 is 5.11 Å². The molecule has 0 heterocycles. The van der Waals surface area contributed by atoms with Crippen molar-refractivity contribution in [3.63, 3.8) is 0 Å². The molecule has 0 aliphatic heterocycles. The Kier molecular flexibility index (Phi) is 3.87. The van der Waals surface area contributed by atoms with Gasteiger partial charge < -0.3 is 10.4 Å². The van der Waals surface area contributed by atoms with Crippen LogP contribution in [-0.2, 0) is 6.54 Å². The second-order valence-electron chi connectivity index (χ2n) is 4.51. The fourth-order valence-corrected chi connectivity index (χ4v) is 1.62. The predicted molar refractivity (Wildman–Crippen MR) is 64.7 cm³/mol. The first-order valence-corrected chi connectivity index (χ1v) is 5.47. The number of nitrogens with one attached hydrogen (secondary N) is 1. The molecule has 2 N–H and O–H groups in total. The van der Waals surface area contributed by atoms with Gasteiger partial charge in [-0.05, 0) is 38.5 Å². The van der Waals surface area contributed by atoms with E-state index in [9.17, 15) is 5.11 Å². The summed E-state index contributed by atoms with van der Waals surface area (Å²) >= 11 is 11.6. The van der Waals surface area contributed by atoms with Gasteiger partial charge in [-0.2, -0.15) is 0 Å². The summed E-state index contributed by atoms with van der Waals surface area (Å²) in [5.41, 5.74) is 0.995. The van der Waals surface area contributed by atoms with Gasteiger partial charge in [-0.3, -0.25) is 0 Å². The first kappa shape index (κ1) is 12.6. The molecule has 1 aromatic carbocycles. The minimum Gasteiger partial charge on any atom is -0.505 e. The highest BCUT2D eigenvalue weighted by atomic mass is 35.5. The van der Waals surface area contributed by atoms with Gasteiger partial charge in [0.05, 0.1) is 10.0 Å². The van der Waals surface area contributed by atoms with E-state index in [2.05, 4.69) is 26.1 Å². The van der Waals surface area contributed by atoms with Crippen LogP contribution in [0.2, 0.25) is 10.0 Å². The number of phenols is 1. The van der Waals surface area contributed by atoms with E-state index in [0.29, 0.717) is 6.54 Å². The molecular formula is C11H15Cl2NO. The van der Waals surface area contributed by atoms with Crippen molar-refractivity contribution in [3.05, 3.63) is 27.7 Å². The normalized spacial score (nSPS) is 11.8. The number of aromatic hydroxyl groups is 1. The molecule has 0 spiro atoms. The predicted octanol–water partition coefficient (Wildman–Crippen LogP) is 3.59. The lowest BCUT2D eigenvalue weighted by Gasteiger charge is -2.20. The third kappa shape index (κ3) is 3.90. The monoisotopic (exact) mass is 247 g/mol. The van der Waals surface area contributed by atoms with Gasteiger partial charge in [-0.25, -0.2) is 0 Å². The quantitative estimate of drug-likeness (QED) is 0.838. The van der Waals surface area contributed by atoms with Crippen molar-refractivity contribution >= 4 is 23.2 Å². The Labute approximate surface area is 100 Å². The highest BCUT2D eigenvalue weighted by Gasteiger charge is 2.10. The van der Waals surface area contributed by atoms with Crippen molar-refractivity contribution in [2.45, 2.75) is 32.9 Å².